The van der Waals surface area contributed by atoms with Crippen molar-refractivity contribution in [2.75, 3.05) is 6.54 Å². The van der Waals surface area contributed by atoms with Crippen LogP contribution in [0.1, 0.15) is 42.3 Å². The van der Waals surface area contributed by atoms with Crippen molar-refractivity contribution in [1.82, 2.24) is 9.88 Å². The van der Waals surface area contributed by atoms with Gasteiger partial charge >= 0.3 is 6.18 Å². The standard InChI is InChI=1S/C11H16F3N3OS/c1-6(2)17(5-11(12,13)14)10(18)8-4-19-9(16-8)7(3)15/h4,6-7H,5,15H2,1-3H3. The molecule has 1 aromatic rings. The molecule has 0 aromatic carbocycles. The van der Waals surface area contributed by atoms with E-state index in [0.29, 0.717) is 5.01 Å². The number of aromatic nitrogens is 1. The van der Waals surface area contributed by atoms with Crippen LogP contribution in [0.25, 0.3) is 0 Å². The lowest BCUT2D eigenvalue weighted by Gasteiger charge is -2.26. The molecule has 1 amide bonds. The van der Waals surface area contributed by atoms with Crippen LogP contribution in [-0.2, 0) is 0 Å². The lowest BCUT2D eigenvalue weighted by Crippen LogP contribution is -2.43. The van der Waals surface area contributed by atoms with Gasteiger partial charge in [-0.25, -0.2) is 4.98 Å². The fourth-order valence-corrected chi connectivity index (χ4v) is 2.18. The van der Waals surface area contributed by atoms with Gasteiger partial charge in [-0.3, -0.25) is 4.79 Å². The van der Waals surface area contributed by atoms with Crippen LogP contribution < -0.4 is 5.73 Å². The van der Waals surface area contributed by atoms with E-state index in [0.717, 1.165) is 4.90 Å². The maximum atomic E-state index is 12.4. The van der Waals surface area contributed by atoms with Gasteiger partial charge in [0.1, 0.15) is 17.2 Å². The average molecular weight is 295 g/mol. The van der Waals surface area contributed by atoms with Crippen LogP contribution in [0.4, 0.5) is 13.2 Å². The average Bonchev–Trinajstić information content (AvgIpc) is 2.72. The number of amides is 1. The van der Waals surface area contributed by atoms with Crippen molar-refractivity contribution in [2.24, 2.45) is 5.73 Å². The zero-order chi connectivity index (χ0) is 14.8. The van der Waals surface area contributed by atoms with E-state index >= 15 is 0 Å². The number of hydrogen-bond acceptors (Lipinski definition) is 4. The van der Waals surface area contributed by atoms with E-state index in [4.69, 9.17) is 5.73 Å². The van der Waals surface area contributed by atoms with E-state index in [1.165, 1.54) is 30.6 Å². The van der Waals surface area contributed by atoms with E-state index in [-0.39, 0.29) is 11.7 Å². The Hall–Kier alpha value is -1.15. The molecule has 2 N–H and O–H groups in total. The fourth-order valence-electron chi connectivity index (χ4n) is 1.42. The molecule has 8 heteroatoms. The zero-order valence-corrected chi connectivity index (χ0v) is 11.7. The van der Waals surface area contributed by atoms with Crippen LogP contribution in [0.3, 0.4) is 0 Å². The Morgan fingerprint density at radius 3 is 2.42 bits per heavy atom. The van der Waals surface area contributed by atoms with Crippen LogP contribution in [0.5, 0.6) is 0 Å². The van der Waals surface area contributed by atoms with Crippen molar-refractivity contribution in [3.8, 4) is 0 Å². The number of halogens is 3. The number of carbonyl (C=O) groups is 1. The monoisotopic (exact) mass is 295 g/mol. The van der Waals surface area contributed by atoms with Gasteiger partial charge in [0.15, 0.2) is 0 Å². The van der Waals surface area contributed by atoms with Gasteiger partial charge in [0, 0.05) is 11.4 Å². The number of carbonyl (C=O) groups excluding carboxylic acids is 1. The van der Waals surface area contributed by atoms with Crippen molar-refractivity contribution in [1.29, 1.82) is 0 Å². The molecular formula is C11H16F3N3OS. The fraction of sp³-hybridized carbons (Fsp3) is 0.636. The van der Waals surface area contributed by atoms with E-state index in [9.17, 15) is 18.0 Å². The molecule has 0 aliphatic heterocycles. The SMILES string of the molecule is CC(N)c1nc(C(=O)N(CC(F)(F)F)C(C)C)cs1. The summed E-state index contributed by atoms with van der Waals surface area (Å²) in [6, 6.07) is -0.906. The number of rotatable bonds is 4. The van der Waals surface area contributed by atoms with Gasteiger partial charge < -0.3 is 10.6 Å². The predicted octanol–water partition coefficient (Wildman–Crippen LogP) is 2.58. The lowest BCUT2D eigenvalue weighted by molar-refractivity contribution is -0.143. The smallest absolute Gasteiger partial charge is 0.326 e. The summed E-state index contributed by atoms with van der Waals surface area (Å²) in [6.07, 6.45) is -4.43. The molecule has 0 aliphatic carbocycles. The number of thiazole rings is 1. The Labute approximate surface area is 113 Å². The number of alkyl halides is 3. The first-order valence-corrected chi connectivity index (χ1v) is 6.58. The molecule has 0 fully saturated rings. The van der Waals surface area contributed by atoms with Crippen LogP contribution in [0, 0.1) is 0 Å². The van der Waals surface area contributed by atoms with Gasteiger partial charge in [0.2, 0.25) is 0 Å². The third kappa shape index (κ3) is 4.46. The number of nitrogens with two attached hydrogens (primary N) is 1. The maximum Gasteiger partial charge on any atom is 0.406 e. The first-order chi connectivity index (χ1) is 8.61. The first-order valence-electron chi connectivity index (χ1n) is 5.70. The molecule has 1 unspecified atom stereocenters. The van der Waals surface area contributed by atoms with Gasteiger partial charge in [-0.15, -0.1) is 11.3 Å². The van der Waals surface area contributed by atoms with E-state index in [1.807, 2.05) is 0 Å². The highest BCUT2D eigenvalue weighted by Gasteiger charge is 2.35. The molecule has 0 saturated heterocycles. The molecule has 4 nitrogen and oxygen atoms in total. The molecule has 108 valence electrons. The summed E-state index contributed by atoms with van der Waals surface area (Å²) >= 11 is 1.17. The second kappa shape index (κ2) is 5.87. The Kier molecular flexibility index (Phi) is 4.92. The third-order valence-corrected chi connectivity index (χ3v) is 3.41. The molecule has 1 heterocycles. The molecule has 19 heavy (non-hydrogen) atoms. The van der Waals surface area contributed by atoms with Crippen LogP contribution in [-0.4, -0.2) is 34.6 Å². The minimum Gasteiger partial charge on any atom is -0.326 e. The summed E-state index contributed by atoms with van der Waals surface area (Å²) in [7, 11) is 0. The zero-order valence-electron chi connectivity index (χ0n) is 10.9. The quantitative estimate of drug-likeness (QED) is 0.928. The van der Waals surface area contributed by atoms with Crippen molar-refractivity contribution in [3.63, 3.8) is 0 Å². The second-order valence-electron chi connectivity index (χ2n) is 4.50. The molecule has 0 aliphatic rings. The minimum atomic E-state index is -4.43. The van der Waals surface area contributed by atoms with Gasteiger partial charge in [0.05, 0.1) is 6.04 Å². The van der Waals surface area contributed by atoms with E-state index < -0.39 is 24.7 Å². The Bertz CT molecular complexity index is 443. The minimum absolute atomic E-state index is 0.00949. The molecule has 1 rings (SSSR count). The Balaban J connectivity index is 2.93. The topological polar surface area (TPSA) is 59.2 Å². The molecule has 1 atom stereocenters. The van der Waals surface area contributed by atoms with Crippen LogP contribution >= 0.6 is 11.3 Å². The highest BCUT2D eigenvalue weighted by Crippen LogP contribution is 2.22. The van der Waals surface area contributed by atoms with Crippen molar-refractivity contribution < 1.29 is 18.0 Å². The Morgan fingerprint density at radius 2 is 2.05 bits per heavy atom. The van der Waals surface area contributed by atoms with Crippen molar-refractivity contribution >= 4 is 17.2 Å². The van der Waals surface area contributed by atoms with Gasteiger partial charge in [-0.2, -0.15) is 13.2 Å². The van der Waals surface area contributed by atoms with E-state index in [1.54, 1.807) is 6.92 Å². The summed E-state index contributed by atoms with van der Waals surface area (Å²) in [5, 5.41) is 1.96. The summed E-state index contributed by atoms with van der Waals surface area (Å²) in [6.45, 7) is 3.47. The van der Waals surface area contributed by atoms with Gasteiger partial charge in [0.25, 0.3) is 5.91 Å². The van der Waals surface area contributed by atoms with Gasteiger partial charge in [-0.05, 0) is 20.8 Å². The highest BCUT2D eigenvalue weighted by atomic mass is 32.1. The molecule has 0 bridgehead atoms. The summed E-state index contributed by atoms with van der Waals surface area (Å²) in [5.41, 5.74) is 5.62. The normalized spacial score (nSPS) is 13.7. The third-order valence-electron chi connectivity index (χ3n) is 2.36. The second-order valence-corrected chi connectivity index (χ2v) is 5.39. The molecule has 0 saturated carbocycles. The number of nitrogens with zero attached hydrogens (tertiary/aromatic N) is 2. The first kappa shape index (κ1) is 15.9. The van der Waals surface area contributed by atoms with Crippen molar-refractivity contribution in [2.45, 2.75) is 39.0 Å². The maximum absolute atomic E-state index is 12.4. The van der Waals surface area contributed by atoms with Crippen LogP contribution in [0.2, 0.25) is 0 Å². The van der Waals surface area contributed by atoms with E-state index in [2.05, 4.69) is 4.98 Å². The predicted molar refractivity (Wildman–Crippen MR) is 66.9 cm³/mol. The Morgan fingerprint density at radius 1 is 1.47 bits per heavy atom. The summed E-state index contributed by atoms with van der Waals surface area (Å²) in [5.74, 6) is -0.726. The highest BCUT2D eigenvalue weighted by molar-refractivity contribution is 7.09. The van der Waals surface area contributed by atoms with Crippen molar-refractivity contribution in [3.05, 3.63) is 16.1 Å². The molecular weight excluding hydrogens is 279 g/mol. The van der Waals surface area contributed by atoms with Gasteiger partial charge in [-0.1, -0.05) is 0 Å². The lowest BCUT2D eigenvalue weighted by atomic mass is 10.2. The van der Waals surface area contributed by atoms with Crippen LogP contribution in [0.15, 0.2) is 5.38 Å². The largest absolute Gasteiger partial charge is 0.406 e. The molecule has 0 spiro atoms. The number of hydrogen-bond donors (Lipinski definition) is 1. The summed E-state index contributed by atoms with van der Waals surface area (Å²) in [4.78, 5) is 16.8. The summed E-state index contributed by atoms with van der Waals surface area (Å²) < 4.78 is 37.3. The molecule has 0 radical (unpaired) electrons. The molecule has 1 aromatic heterocycles.